The number of nitrogens with one attached hydrogen (secondary N) is 1. The zero-order valence-electron chi connectivity index (χ0n) is 9.43. The summed E-state index contributed by atoms with van der Waals surface area (Å²) in [4.78, 5) is 40.1. The predicted octanol–water partition coefficient (Wildman–Crippen LogP) is -1.50. The Hall–Kier alpha value is -1.90. The van der Waals surface area contributed by atoms with Crippen LogP contribution in [0.15, 0.2) is 14.3 Å². The maximum absolute atomic E-state index is 11.7. The number of fused-ring (bicyclic) bond motifs is 1. The summed E-state index contributed by atoms with van der Waals surface area (Å²) >= 11 is 3.06. The summed E-state index contributed by atoms with van der Waals surface area (Å²) in [6, 6.07) is -1.09. The van der Waals surface area contributed by atoms with Crippen LogP contribution in [-0.2, 0) is 11.8 Å². The van der Waals surface area contributed by atoms with Gasteiger partial charge in [-0.1, -0.05) is 0 Å². The molecule has 0 amide bonds. The van der Waals surface area contributed by atoms with Crippen molar-refractivity contribution in [2.45, 2.75) is 13.0 Å². The fourth-order valence-corrected chi connectivity index (χ4v) is 2.29. The van der Waals surface area contributed by atoms with Crippen molar-refractivity contribution in [1.82, 2.24) is 19.1 Å². The molecule has 0 saturated carbocycles. The minimum absolute atomic E-state index is 0.000625. The maximum atomic E-state index is 11.7. The topological polar surface area (TPSA) is 113 Å². The number of carbonyl (C=O) groups is 1. The Labute approximate surface area is 108 Å². The highest BCUT2D eigenvalue weighted by molar-refractivity contribution is 9.10. The van der Waals surface area contributed by atoms with Gasteiger partial charge in [-0.2, -0.15) is 0 Å². The van der Waals surface area contributed by atoms with E-state index in [0.717, 1.165) is 9.13 Å². The molecule has 1 atom stereocenters. The molecule has 0 aliphatic carbocycles. The van der Waals surface area contributed by atoms with Crippen molar-refractivity contribution in [3.63, 3.8) is 0 Å². The molecule has 2 heterocycles. The van der Waals surface area contributed by atoms with Gasteiger partial charge in [0.15, 0.2) is 15.9 Å². The average molecular weight is 316 g/mol. The first-order valence-corrected chi connectivity index (χ1v) is 5.71. The molecule has 0 fully saturated rings. The van der Waals surface area contributed by atoms with Gasteiger partial charge in [0.05, 0.1) is 12.0 Å². The second-order valence-corrected chi connectivity index (χ2v) is 4.45. The van der Waals surface area contributed by atoms with Gasteiger partial charge in [0, 0.05) is 7.05 Å². The summed E-state index contributed by atoms with van der Waals surface area (Å²) < 4.78 is 2.42. The van der Waals surface area contributed by atoms with E-state index in [-0.39, 0.29) is 15.9 Å². The van der Waals surface area contributed by atoms with E-state index in [0.29, 0.717) is 0 Å². The number of aliphatic carboxylic acids is 1. The second-order valence-electron chi connectivity index (χ2n) is 3.74. The van der Waals surface area contributed by atoms with Gasteiger partial charge in [0.1, 0.15) is 0 Å². The Balaban J connectivity index is 2.97. The molecule has 1 N–H and O–H groups in total. The van der Waals surface area contributed by atoms with Crippen LogP contribution >= 0.6 is 15.9 Å². The summed E-state index contributed by atoms with van der Waals surface area (Å²) in [6.45, 7) is 1.35. The van der Waals surface area contributed by atoms with Crippen molar-refractivity contribution in [1.29, 1.82) is 0 Å². The summed E-state index contributed by atoms with van der Waals surface area (Å²) in [5.74, 6) is -1.36. The SMILES string of the molecule is C[C@H](C(=O)[O-])n1c(Br)nc2c1c(=O)[nH]c(=O)n2C. The van der Waals surface area contributed by atoms with Crippen LogP contribution in [0.2, 0.25) is 0 Å². The Morgan fingerprint density at radius 2 is 2.11 bits per heavy atom. The zero-order chi connectivity index (χ0) is 13.6. The number of aryl methyl sites for hydroxylation is 1. The quantitative estimate of drug-likeness (QED) is 0.677. The van der Waals surface area contributed by atoms with Crippen molar-refractivity contribution in [2.75, 3.05) is 0 Å². The molecule has 0 aliphatic rings. The largest absolute Gasteiger partial charge is 0.548 e. The van der Waals surface area contributed by atoms with Gasteiger partial charge in [-0.25, -0.2) is 9.78 Å². The monoisotopic (exact) mass is 315 g/mol. The zero-order valence-corrected chi connectivity index (χ0v) is 11.0. The Morgan fingerprint density at radius 3 is 2.67 bits per heavy atom. The summed E-state index contributed by atoms with van der Waals surface area (Å²) in [5.41, 5.74) is -1.21. The van der Waals surface area contributed by atoms with Crippen molar-refractivity contribution >= 4 is 33.1 Å². The lowest BCUT2D eigenvalue weighted by molar-refractivity contribution is -0.309. The third kappa shape index (κ3) is 1.67. The third-order valence-corrected chi connectivity index (χ3v) is 3.20. The number of H-pyrrole nitrogens is 1. The highest BCUT2D eigenvalue weighted by Gasteiger charge is 2.19. The van der Waals surface area contributed by atoms with Crippen LogP contribution in [0.5, 0.6) is 0 Å². The highest BCUT2D eigenvalue weighted by Crippen LogP contribution is 2.20. The first-order chi connectivity index (χ1) is 8.34. The van der Waals surface area contributed by atoms with E-state index in [2.05, 4.69) is 25.9 Å². The van der Waals surface area contributed by atoms with Crippen LogP contribution in [0, 0.1) is 0 Å². The Morgan fingerprint density at radius 1 is 1.50 bits per heavy atom. The van der Waals surface area contributed by atoms with E-state index >= 15 is 0 Å². The molecular formula is C9H8BrN4O4-. The van der Waals surface area contributed by atoms with E-state index in [4.69, 9.17) is 0 Å². The smallest absolute Gasteiger partial charge is 0.329 e. The van der Waals surface area contributed by atoms with Gasteiger partial charge in [-0.15, -0.1) is 0 Å². The molecule has 0 spiro atoms. The lowest BCUT2D eigenvalue weighted by atomic mass is 10.3. The maximum Gasteiger partial charge on any atom is 0.329 e. The molecule has 0 saturated heterocycles. The molecular weight excluding hydrogens is 308 g/mol. The first kappa shape index (κ1) is 12.6. The lowest BCUT2D eigenvalue weighted by Gasteiger charge is -2.15. The molecule has 18 heavy (non-hydrogen) atoms. The summed E-state index contributed by atoms with van der Waals surface area (Å²) in [5, 5.41) is 10.9. The highest BCUT2D eigenvalue weighted by atomic mass is 79.9. The minimum Gasteiger partial charge on any atom is -0.548 e. The van der Waals surface area contributed by atoms with E-state index in [1.165, 1.54) is 14.0 Å². The summed E-state index contributed by atoms with van der Waals surface area (Å²) in [6.07, 6.45) is 0. The number of carbonyl (C=O) groups excluding carboxylic acids is 1. The van der Waals surface area contributed by atoms with Crippen LogP contribution in [-0.4, -0.2) is 25.1 Å². The van der Waals surface area contributed by atoms with E-state index in [9.17, 15) is 19.5 Å². The van der Waals surface area contributed by atoms with Crippen LogP contribution < -0.4 is 16.4 Å². The number of rotatable bonds is 2. The van der Waals surface area contributed by atoms with Crippen molar-refractivity contribution < 1.29 is 9.90 Å². The van der Waals surface area contributed by atoms with Gasteiger partial charge < -0.3 is 14.5 Å². The van der Waals surface area contributed by atoms with Crippen LogP contribution in [0.1, 0.15) is 13.0 Å². The molecule has 0 radical (unpaired) electrons. The normalized spacial score (nSPS) is 12.8. The number of halogens is 1. The molecule has 2 rings (SSSR count). The molecule has 0 aliphatic heterocycles. The van der Waals surface area contributed by atoms with Crippen molar-refractivity contribution in [2.24, 2.45) is 7.05 Å². The Kier molecular flexibility index (Phi) is 2.85. The molecule has 0 aromatic carbocycles. The van der Waals surface area contributed by atoms with E-state index in [1.54, 1.807) is 0 Å². The third-order valence-electron chi connectivity index (χ3n) is 2.64. The molecule has 2 aromatic rings. The van der Waals surface area contributed by atoms with Crippen LogP contribution in [0.3, 0.4) is 0 Å². The fourth-order valence-electron chi connectivity index (χ4n) is 1.63. The second kappa shape index (κ2) is 4.09. The standard InChI is InChI=1S/C9H9BrN4O4/c1-3(7(16)17)14-4-5(11-8(14)10)13(2)9(18)12-6(4)15/h3H,1-2H3,(H,16,17)(H,12,15,18)/p-1/t3-/m1/s1. The number of aromatic amines is 1. The number of hydrogen-bond donors (Lipinski definition) is 1. The molecule has 0 bridgehead atoms. The number of nitrogens with zero attached hydrogens (tertiary/aromatic N) is 3. The Bertz CT molecular complexity index is 756. The molecule has 8 nitrogen and oxygen atoms in total. The minimum atomic E-state index is -1.36. The van der Waals surface area contributed by atoms with Gasteiger partial charge in [-0.3, -0.25) is 14.3 Å². The first-order valence-electron chi connectivity index (χ1n) is 4.92. The average Bonchev–Trinajstić information content (AvgIpc) is 2.63. The predicted molar refractivity (Wildman–Crippen MR) is 63.0 cm³/mol. The van der Waals surface area contributed by atoms with Crippen molar-refractivity contribution in [3.05, 3.63) is 25.6 Å². The van der Waals surface area contributed by atoms with Crippen molar-refractivity contribution in [3.8, 4) is 0 Å². The van der Waals surface area contributed by atoms with Gasteiger partial charge in [-0.05, 0) is 22.9 Å². The van der Waals surface area contributed by atoms with Gasteiger partial charge >= 0.3 is 5.69 Å². The molecule has 2 aromatic heterocycles. The number of imidazole rings is 1. The number of carboxylic acids is 1. The number of carboxylic acid groups (broad SMARTS) is 1. The van der Waals surface area contributed by atoms with E-state index < -0.39 is 23.3 Å². The molecule has 0 unspecified atom stereocenters. The lowest BCUT2D eigenvalue weighted by Crippen LogP contribution is -2.34. The fraction of sp³-hybridized carbons (Fsp3) is 0.333. The van der Waals surface area contributed by atoms with Gasteiger partial charge in [0.25, 0.3) is 5.56 Å². The van der Waals surface area contributed by atoms with Crippen LogP contribution in [0.4, 0.5) is 0 Å². The number of hydrogen-bond acceptors (Lipinski definition) is 5. The van der Waals surface area contributed by atoms with Gasteiger partial charge in [0.2, 0.25) is 0 Å². The molecule has 96 valence electrons. The van der Waals surface area contributed by atoms with Crippen LogP contribution in [0.25, 0.3) is 11.2 Å². The van der Waals surface area contributed by atoms with E-state index in [1.807, 2.05) is 0 Å². The number of aromatic nitrogens is 4. The summed E-state index contributed by atoms with van der Waals surface area (Å²) in [7, 11) is 1.42. The molecule has 9 heteroatoms.